The summed E-state index contributed by atoms with van der Waals surface area (Å²) in [5.41, 5.74) is 1.69. The number of carbonyl (C=O) groups is 1. The van der Waals surface area contributed by atoms with Crippen LogP contribution in [-0.2, 0) is 4.74 Å². The van der Waals surface area contributed by atoms with Crippen LogP contribution in [0.4, 0.5) is 4.79 Å². The smallest absolute Gasteiger partial charge is 0.406 e. The van der Waals surface area contributed by atoms with Crippen molar-refractivity contribution in [1.82, 2.24) is 5.32 Å². The Labute approximate surface area is 184 Å². The van der Waals surface area contributed by atoms with Crippen molar-refractivity contribution in [3.05, 3.63) is 11.6 Å². The lowest BCUT2D eigenvalue weighted by Crippen LogP contribution is -2.34. The first-order chi connectivity index (χ1) is 14.7. The molecule has 0 radical (unpaired) electrons. The van der Waals surface area contributed by atoms with Gasteiger partial charge in [0.25, 0.3) is 0 Å². The minimum Gasteiger partial charge on any atom is -0.449 e. The Kier molecular flexibility index (Phi) is 9.16. The van der Waals surface area contributed by atoms with Crippen LogP contribution in [0.3, 0.4) is 0 Å². The normalized spacial score (nSPS) is 35.0. The lowest BCUT2D eigenvalue weighted by molar-refractivity contribution is 0.0441. The van der Waals surface area contributed by atoms with Gasteiger partial charge < -0.3 is 10.1 Å². The van der Waals surface area contributed by atoms with Gasteiger partial charge in [0.1, 0.15) is 0 Å². The van der Waals surface area contributed by atoms with E-state index in [1.807, 2.05) is 0 Å². The van der Waals surface area contributed by atoms with Crippen molar-refractivity contribution in [3.8, 4) is 11.8 Å². The maximum absolute atomic E-state index is 12.0. The second-order valence-corrected chi connectivity index (χ2v) is 10.0. The van der Waals surface area contributed by atoms with E-state index >= 15 is 0 Å². The van der Waals surface area contributed by atoms with Gasteiger partial charge in [-0.05, 0) is 76.0 Å². The zero-order chi connectivity index (χ0) is 21.2. The molecule has 0 aromatic carbocycles. The Bertz CT molecular complexity index is 625. The quantitative estimate of drug-likeness (QED) is 0.399. The van der Waals surface area contributed by atoms with E-state index in [-0.39, 0.29) is 11.5 Å². The minimum absolute atomic E-state index is 0.149. The number of allylic oxidation sites excluding steroid dienone is 2. The van der Waals surface area contributed by atoms with Crippen LogP contribution < -0.4 is 5.32 Å². The second-order valence-electron chi connectivity index (χ2n) is 10.0. The third-order valence-electron chi connectivity index (χ3n) is 7.93. The number of nitrogens with one attached hydrogen (secondary N) is 1. The van der Waals surface area contributed by atoms with Crippen LogP contribution in [0.5, 0.6) is 0 Å². The summed E-state index contributed by atoms with van der Waals surface area (Å²) in [7, 11) is 1.67. The van der Waals surface area contributed by atoms with Gasteiger partial charge in [-0.25, -0.2) is 4.79 Å². The predicted octanol–water partition coefficient (Wildman–Crippen LogP) is 7.02. The summed E-state index contributed by atoms with van der Waals surface area (Å²) in [5, 5.41) is 2.66. The molecule has 3 aliphatic carbocycles. The minimum atomic E-state index is -0.272. The summed E-state index contributed by atoms with van der Waals surface area (Å²) < 4.78 is 5.80. The highest BCUT2D eigenvalue weighted by Gasteiger charge is 2.59. The fourth-order valence-electron chi connectivity index (χ4n) is 6.27. The molecule has 0 bridgehead atoms. The van der Waals surface area contributed by atoms with Crippen molar-refractivity contribution >= 4 is 6.09 Å². The summed E-state index contributed by atoms with van der Waals surface area (Å²) in [6.07, 6.45) is 20.8. The van der Waals surface area contributed by atoms with Crippen molar-refractivity contribution in [2.75, 3.05) is 13.7 Å². The summed E-state index contributed by atoms with van der Waals surface area (Å²) in [5.74, 6) is 9.02. The van der Waals surface area contributed by atoms with Crippen molar-refractivity contribution in [3.63, 3.8) is 0 Å². The standard InChI is InChI=1S/C27H43NO2/c1-22-15-10-6-4-3-5-9-13-19-27(20-14-16-22,21-30-26(29)28-2)25-23-17-11-7-8-12-18-24(23)25/h15,23-25H,3-6,9-14,16-21H2,1-2H3,(H,28,29)/b22-15-. The fraction of sp³-hybridized carbons (Fsp3) is 0.815. The first kappa shape index (κ1) is 23.2. The first-order valence-corrected chi connectivity index (χ1v) is 12.6. The summed E-state index contributed by atoms with van der Waals surface area (Å²) in [4.78, 5) is 12.0. The molecule has 1 fully saturated rings. The summed E-state index contributed by atoms with van der Waals surface area (Å²) in [6, 6.07) is 0. The van der Waals surface area contributed by atoms with E-state index < -0.39 is 0 Å². The largest absolute Gasteiger partial charge is 0.449 e. The van der Waals surface area contributed by atoms with Crippen LogP contribution in [-0.4, -0.2) is 19.7 Å². The molecule has 3 rings (SSSR count). The number of carbonyl (C=O) groups excluding carboxylic acids is 1. The SMILES string of the molecule is CNC(=O)OCC1(C2C3CCC#CCCC32)CCCCCCCC/C=C(/C)CCC1. The van der Waals surface area contributed by atoms with Crippen molar-refractivity contribution in [1.29, 1.82) is 0 Å². The number of hydrogen-bond donors (Lipinski definition) is 1. The molecular formula is C27H43NO2. The van der Waals surface area contributed by atoms with Crippen molar-refractivity contribution in [2.24, 2.45) is 23.2 Å². The molecule has 0 heterocycles. The third kappa shape index (κ3) is 6.53. The van der Waals surface area contributed by atoms with E-state index in [2.05, 4.69) is 30.2 Å². The topological polar surface area (TPSA) is 38.3 Å². The monoisotopic (exact) mass is 413 g/mol. The molecule has 0 aromatic rings. The number of amides is 1. The van der Waals surface area contributed by atoms with Crippen LogP contribution in [0.25, 0.3) is 0 Å². The van der Waals surface area contributed by atoms with Gasteiger partial charge in [0, 0.05) is 25.3 Å². The Morgan fingerprint density at radius 1 is 1.03 bits per heavy atom. The Balaban J connectivity index is 1.76. The molecular weight excluding hydrogens is 370 g/mol. The van der Waals surface area contributed by atoms with Crippen LogP contribution >= 0.6 is 0 Å². The van der Waals surface area contributed by atoms with Gasteiger partial charge in [0.2, 0.25) is 0 Å². The highest BCUT2D eigenvalue weighted by molar-refractivity contribution is 5.66. The second kappa shape index (κ2) is 11.8. The lowest BCUT2D eigenvalue weighted by Gasteiger charge is -2.35. The van der Waals surface area contributed by atoms with E-state index in [0.717, 1.165) is 24.7 Å². The molecule has 1 N–H and O–H groups in total. The molecule has 168 valence electrons. The number of ether oxygens (including phenoxy) is 1. The third-order valence-corrected chi connectivity index (χ3v) is 7.93. The fourth-order valence-corrected chi connectivity index (χ4v) is 6.27. The molecule has 3 aliphatic rings. The molecule has 3 unspecified atom stereocenters. The maximum atomic E-state index is 12.0. The molecule has 0 aromatic heterocycles. The molecule has 3 atom stereocenters. The van der Waals surface area contributed by atoms with Crippen molar-refractivity contribution < 1.29 is 9.53 Å². The molecule has 3 heteroatoms. The van der Waals surface area contributed by atoms with Crippen LogP contribution in [0.1, 0.15) is 103 Å². The van der Waals surface area contributed by atoms with Gasteiger partial charge in [0.05, 0.1) is 6.61 Å². The van der Waals surface area contributed by atoms with Gasteiger partial charge >= 0.3 is 6.09 Å². The number of fused-ring (bicyclic) bond motifs is 1. The van der Waals surface area contributed by atoms with Gasteiger partial charge in [-0.15, -0.1) is 11.8 Å². The molecule has 30 heavy (non-hydrogen) atoms. The summed E-state index contributed by atoms with van der Waals surface area (Å²) in [6.45, 7) is 2.89. The van der Waals surface area contributed by atoms with Crippen molar-refractivity contribution in [2.45, 2.75) is 103 Å². The van der Waals surface area contributed by atoms with Crippen LogP contribution in [0.2, 0.25) is 0 Å². The zero-order valence-corrected chi connectivity index (χ0v) is 19.4. The number of rotatable bonds is 3. The van der Waals surface area contributed by atoms with E-state index in [9.17, 15) is 4.79 Å². The van der Waals surface area contributed by atoms with Crippen LogP contribution in [0.15, 0.2) is 11.6 Å². The van der Waals surface area contributed by atoms with Crippen LogP contribution in [0, 0.1) is 35.0 Å². The average molecular weight is 414 g/mol. The Hall–Kier alpha value is -1.43. The highest BCUT2D eigenvalue weighted by Crippen LogP contribution is 2.63. The van der Waals surface area contributed by atoms with Gasteiger partial charge in [-0.1, -0.05) is 43.8 Å². The highest BCUT2D eigenvalue weighted by atomic mass is 16.5. The van der Waals surface area contributed by atoms with E-state index in [4.69, 9.17) is 4.74 Å². The van der Waals surface area contributed by atoms with Gasteiger partial charge in [-0.2, -0.15) is 0 Å². The molecule has 3 nitrogen and oxygen atoms in total. The molecule has 0 saturated heterocycles. The lowest BCUT2D eigenvalue weighted by atomic mass is 9.72. The number of alkyl carbamates (subject to hydrolysis) is 1. The average Bonchev–Trinajstić information content (AvgIpc) is 3.40. The molecule has 0 aliphatic heterocycles. The predicted molar refractivity (Wildman–Crippen MR) is 124 cm³/mol. The van der Waals surface area contributed by atoms with Gasteiger partial charge in [-0.3, -0.25) is 0 Å². The Morgan fingerprint density at radius 3 is 2.37 bits per heavy atom. The van der Waals surface area contributed by atoms with E-state index in [0.29, 0.717) is 12.5 Å². The molecule has 1 amide bonds. The van der Waals surface area contributed by atoms with Gasteiger partial charge in [0.15, 0.2) is 0 Å². The molecule has 1 saturated carbocycles. The van der Waals surface area contributed by atoms with E-state index in [1.165, 1.54) is 83.5 Å². The Morgan fingerprint density at radius 2 is 1.67 bits per heavy atom. The zero-order valence-electron chi connectivity index (χ0n) is 19.4. The summed E-state index contributed by atoms with van der Waals surface area (Å²) >= 11 is 0. The number of hydrogen-bond acceptors (Lipinski definition) is 2. The maximum Gasteiger partial charge on any atom is 0.406 e. The first-order valence-electron chi connectivity index (χ1n) is 12.6. The van der Waals surface area contributed by atoms with E-state index in [1.54, 1.807) is 12.6 Å². The molecule has 0 spiro atoms.